The number of anilines is 1. The van der Waals surface area contributed by atoms with E-state index in [0.29, 0.717) is 0 Å². The van der Waals surface area contributed by atoms with Crippen LogP contribution in [0.1, 0.15) is 11.1 Å². The quantitative estimate of drug-likeness (QED) is 0.847. The van der Waals surface area contributed by atoms with E-state index in [4.69, 9.17) is 4.74 Å². The van der Waals surface area contributed by atoms with Crippen LogP contribution in [0.15, 0.2) is 36.7 Å². The average molecular weight is 312 g/mol. The lowest BCUT2D eigenvalue weighted by Crippen LogP contribution is -2.48. The van der Waals surface area contributed by atoms with Gasteiger partial charge in [0, 0.05) is 45.1 Å². The van der Waals surface area contributed by atoms with Crippen LogP contribution in [0, 0.1) is 13.8 Å². The number of ether oxygens (including phenoxy) is 1. The van der Waals surface area contributed by atoms with Gasteiger partial charge in [-0.15, -0.1) is 0 Å². The summed E-state index contributed by atoms with van der Waals surface area (Å²) < 4.78 is 5.95. The number of hydrogen-bond donors (Lipinski definition) is 0. The first-order valence-electron chi connectivity index (χ1n) is 8.17. The summed E-state index contributed by atoms with van der Waals surface area (Å²) in [7, 11) is 0. The summed E-state index contributed by atoms with van der Waals surface area (Å²) in [6.07, 6.45) is 3.60. The summed E-state index contributed by atoms with van der Waals surface area (Å²) in [6.45, 7) is 9.84. The molecular formula is C18H24N4O. The highest BCUT2D eigenvalue weighted by molar-refractivity contribution is 5.36. The van der Waals surface area contributed by atoms with Gasteiger partial charge in [0.1, 0.15) is 12.4 Å². The minimum atomic E-state index is 0.728. The molecule has 1 aliphatic rings. The Morgan fingerprint density at radius 3 is 2.52 bits per heavy atom. The second-order valence-electron chi connectivity index (χ2n) is 5.99. The highest BCUT2D eigenvalue weighted by Gasteiger charge is 2.18. The van der Waals surface area contributed by atoms with E-state index < -0.39 is 0 Å². The monoisotopic (exact) mass is 312 g/mol. The molecule has 1 aromatic carbocycles. The molecule has 0 bridgehead atoms. The lowest BCUT2D eigenvalue weighted by molar-refractivity contribution is 0.199. The third-order valence-corrected chi connectivity index (χ3v) is 4.22. The Morgan fingerprint density at radius 1 is 1.04 bits per heavy atom. The minimum Gasteiger partial charge on any atom is -0.492 e. The smallest absolute Gasteiger partial charge is 0.225 e. The summed E-state index contributed by atoms with van der Waals surface area (Å²) in [5.41, 5.74) is 2.43. The number of hydrogen-bond acceptors (Lipinski definition) is 5. The van der Waals surface area contributed by atoms with E-state index in [1.165, 1.54) is 11.1 Å². The highest BCUT2D eigenvalue weighted by atomic mass is 16.5. The van der Waals surface area contributed by atoms with E-state index in [2.05, 4.69) is 51.8 Å². The van der Waals surface area contributed by atoms with E-state index in [-0.39, 0.29) is 0 Å². The van der Waals surface area contributed by atoms with Crippen molar-refractivity contribution in [2.45, 2.75) is 13.8 Å². The SMILES string of the molecule is Cc1ccc(C)c(OCCN2CCN(c3ncccn3)CC2)c1. The van der Waals surface area contributed by atoms with E-state index in [0.717, 1.165) is 51.0 Å². The van der Waals surface area contributed by atoms with Crippen molar-refractivity contribution < 1.29 is 4.74 Å². The molecule has 122 valence electrons. The number of aryl methyl sites for hydroxylation is 2. The molecule has 1 saturated heterocycles. The summed E-state index contributed by atoms with van der Waals surface area (Å²) in [4.78, 5) is 13.3. The van der Waals surface area contributed by atoms with Gasteiger partial charge in [-0.05, 0) is 37.1 Å². The van der Waals surface area contributed by atoms with Gasteiger partial charge in [0.25, 0.3) is 0 Å². The van der Waals surface area contributed by atoms with Crippen LogP contribution in [0.4, 0.5) is 5.95 Å². The zero-order chi connectivity index (χ0) is 16.1. The molecule has 2 heterocycles. The summed E-state index contributed by atoms with van der Waals surface area (Å²) in [6, 6.07) is 8.20. The first kappa shape index (κ1) is 15.7. The molecule has 0 unspecified atom stereocenters. The highest BCUT2D eigenvalue weighted by Crippen LogP contribution is 2.19. The van der Waals surface area contributed by atoms with Crippen LogP contribution in [0.3, 0.4) is 0 Å². The third-order valence-electron chi connectivity index (χ3n) is 4.22. The molecule has 23 heavy (non-hydrogen) atoms. The molecule has 0 atom stereocenters. The van der Waals surface area contributed by atoms with Crippen molar-refractivity contribution in [1.82, 2.24) is 14.9 Å². The number of nitrogens with zero attached hydrogens (tertiary/aromatic N) is 4. The van der Waals surface area contributed by atoms with Crippen LogP contribution >= 0.6 is 0 Å². The fourth-order valence-electron chi connectivity index (χ4n) is 2.77. The molecule has 0 N–H and O–H groups in total. The fraction of sp³-hybridized carbons (Fsp3) is 0.444. The predicted octanol–water partition coefficient (Wildman–Crippen LogP) is 2.29. The number of piperazine rings is 1. The maximum absolute atomic E-state index is 5.95. The summed E-state index contributed by atoms with van der Waals surface area (Å²) in [5.74, 6) is 1.83. The van der Waals surface area contributed by atoms with Crippen LogP contribution in [0.5, 0.6) is 5.75 Å². The second-order valence-corrected chi connectivity index (χ2v) is 5.99. The summed E-state index contributed by atoms with van der Waals surface area (Å²) >= 11 is 0. The van der Waals surface area contributed by atoms with Gasteiger partial charge in [-0.2, -0.15) is 0 Å². The second kappa shape index (κ2) is 7.42. The van der Waals surface area contributed by atoms with Crippen LogP contribution in [0.25, 0.3) is 0 Å². The number of aromatic nitrogens is 2. The molecule has 5 nitrogen and oxygen atoms in total. The molecule has 0 spiro atoms. The van der Waals surface area contributed by atoms with Crippen LogP contribution in [-0.2, 0) is 0 Å². The topological polar surface area (TPSA) is 41.5 Å². The fourth-order valence-corrected chi connectivity index (χ4v) is 2.77. The Labute approximate surface area is 137 Å². The summed E-state index contributed by atoms with van der Waals surface area (Å²) in [5, 5.41) is 0. The zero-order valence-corrected chi connectivity index (χ0v) is 13.9. The number of benzene rings is 1. The molecule has 0 amide bonds. The molecule has 0 saturated carbocycles. The van der Waals surface area contributed by atoms with Gasteiger partial charge in [-0.3, -0.25) is 4.90 Å². The van der Waals surface area contributed by atoms with Crippen molar-refractivity contribution in [2.75, 3.05) is 44.2 Å². The first-order valence-corrected chi connectivity index (χ1v) is 8.17. The van der Waals surface area contributed by atoms with E-state index >= 15 is 0 Å². The van der Waals surface area contributed by atoms with Crippen LogP contribution in [0.2, 0.25) is 0 Å². The standard InChI is InChI=1S/C18H24N4O/c1-15-4-5-16(2)17(14-15)23-13-12-21-8-10-22(11-9-21)18-19-6-3-7-20-18/h3-7,14H,8-13H2,1-2H3. The van der Waals surface area contributed by atoms with E-state index in [1.807, 2.05) is 6.07 Å². The average Bonchev–Trinajstić information content (AvgIpc) is 2.59. The normalized spacial score (nSPS) is 15.7. The van der Waals surface area contributed by atoms with Crippen molar-refractivity contribution in [3.63, 3.8) is 0 Å². The van der Waals surface area contributed by atoms with E-state index in [9.17, 15) is 0 Å². The van der Waals surface area contributed by atoms with E-state index in [1.54, 1.807) is 12.4 Å². The third kappa shape index (κ3) is 4.20. The molecule has 2 aromatic rings. The Hall–Kier alpha value is -2.14. The Bertz CT molecular complexity index is 624. The first-order chi connectivity index (χ1) is 11.2. The van der Waals surface area contributed by atoms with Crippen molar-refractivity contribution in [3.8, 4) is 5.75 Å². The minimum absolute atomic E-state index is 0.728. The Morgan fingerprint density at radius 2 is 1.78 bits per heavy atom. The van der Waals surface area contributed by atoms with Gasteiger partial charge in [-0.1, -0.05) is 12.1 Å². The predicted molar refractivity (Wildman–Crippen MR) is 92.1 cm³/mol. The van der Waals surface area contributed by atoms with Gasteiger partial charge in [0.2, 0.25) is 5.95 Å². The van der Waals surface area contributed by atoms with Gasteiger partial charge in [-0.25, -0.2) is 9.97 Å². The zero-order valence-electron chi connectivity index (χ0n) is 13.9. The molecule has 0 aliphatic carbocycles. The molecule has 3 rings (SSSR count). The Kier molecular flexibility index (Phi) is 5.08. The van der Waals surface area contributed by atoms with Crippen molar-refractivity contribution in [3.05, 3.63) is 47.8 Å². The maximum atomic E-state index is 5.95. The largest absolute Gasteiger partial charge is 0.492 e. The number of rotatable bonds is 5. The van der Waals surface area contributed by atoms with Crippen molar-refractivity contribution in [1.29, 1.82) is 0 Å². The maximum Gasteiger partial charge on any atom is 0.225 e. The lowest BCUT2D eigenvalue weighted by atomic mass is 10.1. The molecule has 1 aromatic heterocycles. The van der Waals surface area contributed by atoms with Gasteiger partial charge in [0.15, 0.2) is 0 Å². The molecule has 5 heteroatoms. The molecular weight excluding hydrogens is 288 g/mol. The van der Waals surface area contributed by atoms with Gasteiger partial charge >= 0.3 is 0 Å². The van der Waals surface area contributed by atoms with Gasteiger partial charge in [0.05, 0.1) is 0 Å². The Balaban J connectivity index is 1.43. The van der Waals surface area contributed by atoms with Crippen molar-refractivity contribution in [2.24, 2.45) is 0 Å². The molecule has 1 aliphatic heterocycles. The van der Waals surface area contributed by atoms with Crippen molar-refractivity contribution >= 4 is 5.95 Å². The lowest BCUT2D eigenvalue weighted by Gasteiger charge is -2.34. The molecule has 0 radical (unpaired) electrons. The van der Waals surface area contributed by atoms with Crippen LogP contribution < -0.4 is 9.64 Å². The van der Waals surface area contributed by atoms with Crippen LogP contribution in [-0.4, -0.2) is 54.2 Å². The molecule has 1 fully saturated rings. The van der Waals surface area contributed by atoms with Gasteiger partial charge < -0.3 is 9.64 Å².